The van der Waals surface area contributed by atoms with E-state index in [0.29, 0.717) is 6.54 Å². The van der Waals surface area contributed by atoms with Crippen molar-refractivity contribution in [2.45, 2.75) is 6.42 Å². The third kappa shape index (κ3) is 1.36. The van der Waals surface area contributed by atoms with Crippen molar-refractivity contribution in [1.82, 2.24) is 4.90 Å². The van der Waals surface area contributed by atoms with Crippen molar-refractivity contribution < 1.29 is 4.79 Å². The number of rotatable bonds is 1. The summed E-state index contributed by atoms with van der Waals surface area (Å²) in [6.45, 7) is 1.67. The van der Waals surface area contributed by atoms with Gasteiger partial charge in [-0.1, -0.05) is 0 Å². The molecule has 0 radical (unpaired) electrons. The summed E-state index contributed by atoms with van der Waals surface area (Å²) in [5, 5.41) is 0. The number of nitrogens with two attached hydrogens (primary N) is 1. The maximum absolute atomic E-state index is 10.4. The van der Waals surface area contributed by atoms with Crippen molar-refractivity contribution in [2.75, 3.05) is 20.1 Å². The van der Waals surface area contributed by atoms with Crippen molar-refractivity contribution in [3.8, 4) is 0 Å². The van der Waals surface area contributed by atoms with Crippen molar-refractivity contribution in [3.05, 3.63) is 11.3 Å². The maximum atomic E-state index is 10.4. The molecule has 0 amide bonds. The van der Waals surface area contributed by atoms with Gasteiger partial charge in [-0.15, -0.1) is 0 Å². The van der Waals surface area contributed by atoms with Gasteiger partial charge in [0.15, 0.2) is 0 Å². The van der Waals surface area contributed by atoms with Crippen molar-refractivity contribution in [3.63, 3.8) is 0 Å². The van der Waals surface area contributed by atoms with Gasteiger partial charge in [0.1, 0.15) is 6.29 Å². The Kier molecular flexibility index (Phi) is 2.06. The third-order valence-electron chi connectivity index (χ3n) is 1.76. The molecule has 0 aliphatic carbocycles. The molecule has 2 N–H and O–H groups in total. The average molecular weight is 140 g/mol. The van der Waals surface area contributed by atoms with Crippen LogP contribution in [0.4, 0.5) is 0 Å². The van der Waals surface area contributed by atoms with Crippen LogP contribution >= 0.6 is 0 Å². The van der Waals surface area contributed by atoms with E-state index in [4.69, 9.17) is 5.73 Å². The van der Waals surface area contributed by atoms with Gasteiger partial charge in [-0.25, -0.2) is 0 Å². The normalized spacial score (nSPS) is 21.3. The van der Waals surface area contributed by atoms with E-state index in [1.165, 1.54) is 0 Å². The highest BCUT2D eigenvalue weighted by Gasteiger charge is 2.12. The first kappa shape index (κ1) is 7.28. The van der Waals surface area contributed by atoms with E-state index in [0.717, 1.165) is 30.5 Å². The molecule has 0 saturated carbocycles. The van der Waals surface area contributed by atoms with Crippen LogP contribution in [0.2, 0.25) is 0 Å². The van der Waals surface area contributed by atoms with Gasteiger partial charge >= 0.3 is 0 Å². The Morgan fingerprint density at radius 2 is 2.40 bits per heavy atom. The molecule has 0 unspecified atom stereocenters. The second-order valence-corrected chi connectivity index (χ2v) is 2.66. The Labute approximate surface area is 60.5 Å². The lowest BCUT2D eigenvalue weighted by molar-refractivity contribution is -0.105. The molecule has 0 atom stereocenters. The largest absolute Gasteiger partial charge is 0.402 e. The standard InChI is InChI=1S/C7H12N2O/c1-9-3-2-7(8)6(4-9)5-10/h5H,2-4,8H2,1H3. The zero-order valence-electron chi connectivity index (χ0n) is 6.13. The van der Waals surface area contributed by atoms with Crippen LogP contribution in [-0.4, -0.2) is 31.3 Å². The Bertz CT molecular complexity index is 174. The first-order valence-corrected chi connectivity index (χ1v) is 3.35. The summed E-state index contributed by atoms with van der Waals surface area (Å²) in [6, 6.07) is 0. The lowest BCUT2D eigenvalue weighted by Gasteiger charge is -2.22. The SMILES string of the molecule is CN1CCC(N)=C(C=O)C1. The van der Waals surface area contributed by atoms with E-state index < -0.39 is 0 Å². The van der Waals surface area contributed by atoms with Gasteiger partial charge < -0.3 is 10.6 Å². The average Bonchev–Trinajstić information content (AvgIpc) is 1.94. The molecule has 0 saturated heterocycles. The van der Waals surface area contributed by atoms with Crippen LogP contribution in [0.5, 0.6) is 0 Å². The smallest absolute Gasteiger partial charge is 0.149 e. The number of hydrogen-bond acceptors (Lipinski definition) is 3. The lowest BCUT2D eigenvalue weighted by atomic mass is 10.1. The molecule has 0 aromatic rings. The highest BCUT2D eigenvalue weighted by atomic mass is 16.1. The molecule has 1 rings (SSSR count). The van der Waals surface area contributed by atoms with E-state index in [-0.39, 0.29) is 0 Å². The Hall–Kier alpha value is -0.830. The van der Waals surface area contributed by atoms with Crippen LogP contribution in [0.3, 0.4) is 0 Å². The lowest BCUT2D eigenvalue weighted by Crippen LogP contribution is -2.30. The van der Waals surface area contributed by atoms with Gasteiger partial charge in [-0.3, -0.25) is 4.79 Å². The highest BCUT2D eigenvalue weighted by Crippen LogP contribution is 2.09. The summed E-state index contributed by atoms with van der Waals surface area (Å²) in [7, 11) is 1.98. The zero-order chi connectivity index (χ0) is 7.56. The van der Waals surface area contributed by atoms with Gasteiger partial charge in [0.25, 0.3) is 0 Å². The summed E-state index contributed by atoms with van der Waals surface area (Å²) >= 11 is 0. The van der Waals surface area contributed by atoms with Gasteiger partial charge in [-0.05, 0) is 7.05 Å². The quantitative estimate of drug-likeness (QED) is 0.510. The van der Waals surface area contributed by atoms with Crippen LogP contribution in [0.15, 0.2) is 11.3 Å². The monoisotopic (exact) mass is 140 g/mol. The second kappa shape index (κ2) is 2.84. The number of nitrogens with zero attached hydrogens (tertiary/aromatic N) is 1. The van der Waals surface area contributed by atoms with E-state index >= 15 is 0 Å². The van der Waals surface area contributed by atoms with Crippen LogP contribution in [-0.2, 0) is 4.79 Å². The van der Waals surface area contributed by atoms with Crippen LogP contribution in [0.25, 0.3) is 0 Å². The summed E-state index contributed by atoms with van der Waals surface area (Å²) in [5.74, 6) is 0. The molecule has 0 bridgehead atoms. The second-order valence-electron chi connectivity index (χ2n) is 2.66. The van der Waals surface area contributed by atoms with Gasteiger partial charge in [0.2, 0.25) is 0 Å². The van der Waals surface area contributed by atoms with Crippen LogP contribution < -0.4 is 5.73 Å². The van der Waals surface area contributed by atoms with Crippen molar-refractivity contribution >= 4 is 6.29 Å². The molecule has 0 spiro atoms. The summed E-state index contributed by atoms with van der Waals surface area (Å²) in [4.78, 5) is 12.4. The maximum Gasteiger partial charge on any atom is 0.149 e. The molecule has 1 aliphatic rings. The van der Waals surface area contributed by atoms with Crippen molar-refractivity contribution in [1.29, 1.82) is 0 Å². The summed E-state index contributed by atoms with van der Waals surface area (Å²) in [5.41, 5.74) is 7.08. The fourth-order valence-corrected chi connectivity index (χ4v) is 1.06. The number of aldehydes is 1. The predicted molar refractivity (Wildman–Crippen MR) is 39.4 cm³/mol. The molecule has 0 aromatic carbocycles. The molecular weight excluding hydrogens is 128 g/mol. The summed E-state index contributed by atoms with van der Waals surface area (Å²) < 4.78 is 0. The van der Waals surface area contributed by atoms with Crippen LogP contribution in [0.1, 0.15) is 6.42 Å². The highest BCUT2D eigenvalue weighted by molar-refractivity contribution is 5.75. The Balaban J connectivity index is 2.71. The topological polar surface area (TPSA) is 46.3 Å². The minimum Gasteiger partial charge on any atom is -0.402 e. The Morgan fingerprint density at radius 1 is 1.70 bits per heavy atom. The van der Waals surface area contributed by atoms with Crippen LogP contribution in [0, 0.1) is 0 Å². The zero-order valence-corrected chi connectivity index (χ0v) is 6.13. The molecular formula is C7H12N2O. The first-order chi connectivity index (χ1) is 4.74. The Morgan fingerprint density at radius 3 is 2.90 bits per heavy atom. The minimum absolute atomic E-state index is 0.704. The number of carbonyl (C=O) groups excluding carboxylic acids is 1. The van der Waals surface area contributed by atoms with Gasteiger partial charge in [-0.2, -0.15) is 0 Å². The molecule has 56 valence electrons. The van der Waals surface area contributed by atoms with Gasteiger partial charge in [0.05, 0.1) is 0 Å². The molecule has 0 fully saturated rings. The predicted octanol–water partition coefficient (Wildman–Crippen LogP) is -0.266. The molecule has 1 aliphatic heterocycles. The molecule has 1 heterocycles. The number of likely N-dealkylation sites (N-methyl/N-ethyl adjacent to an activating group) is 1. The van der Waals surface area contributed by atoms with Crippen molar-refractivity contribution in [2.24, 2.45) is 5.73 Å². The molecule has 3 nitrogen and oxygen atoms in total. The fraction of sp³-hybridized carbons (Fsp3) is 0.571. The van der Waals surface area contributed by atoms with Gasteiger partial charge in [0, 0.05) is 30.8 Å². The minimum atomic E-state index is 0.704. The molecule has 0 aromatic heterocycles. The van der Waals surface area contributed by atoms with E-state index in [1.807, 2.05) is 7.05 Å². The van der Waals surface area contributed by atoms with E-state index in [2.05, 4.69) is 4.90 Å². The number of carbonyl (C=O) groups is 1. The van der Waals surface area contributed by atoms with E-state index in [1.54, 1.807) is 0 Å². The van der Waals surface area contributed by atoms with E-state index in [9.17, 15) is 4.79 Å². The summed E-state index contributed by atoms with van der Waals surface area (Å²) in [6.07, 6.45) is 1.68. The number of hydrogen-bond donors (Lipinski definition) is 1. The fourth-order valence-electron chi connectivity index (χ4n) is 1.06. The third-order valence-corrected chi connectivity index (χ3v) is 1.76. The molecule has 10 heavy (non-hydrogen) atoms. The first-order valence-electron chi connectivity index (χ1n) is 3.35. The molecule has 3 heteroatoms.